The van der Waals surface area contributed by atoms with Gasteiger partial charge in [0.1, 0.15) is 32.6 Å². The number of nitrogens with one attached hydrogen (secondary N) is 2. The Balaban J connectivity index is 1.78. The molecule has 1 aromatic carbocycles. The number of para-hydroxylation sites is 1. The third-order valence-electron chi connectivity index (χ3n) is 3.48. The van der Waals surface area contributed by atoms with Gasteiger partial charge in [-0.25, -0.2) is 18.7 Å². The number of pyridine rings is 1. The quantitative estimate of drug-likeness (QED) is 0.541. The first-order valence-electron chi connectivity index (χ1n) is 7.61. The van der Waals surface area contributed by atoms with Gasteiger partial charge in [0.15, 0.2) is 5.13 Å². The number of carbonyl (C=O) groups is 1. The van der Waals surface area contributed by atoms with Crippen molar-refractivity contribution < 1.29 is 13.6 Å². The monoisotopic (exact) mass is 438 g/mol. The second-order valence-electron chi connectivity index (χ2n) is 5.20. The molecule has 134 valence electrons. The Morgan fingerprint density at radius 1 is 1.23 bits per heavy atom. The number of halogens is 3. The first-order chi connectivity index (χ1) is 12.5. The number of hydrogen-bond acceptors (Lipinski definition) is 5. The van der Waals surface area contributed by atoms with E-state index in [1.54, 1.807) is 0 Å². The van der Waals surface area contributed by atoms with Gasteiger partial charge >= 0.3 is 0 Å². The van der Waals surface area contributed by atoms with Gasteiger partial charge < -0.3 is 10.6 Å². The van der Waals surface area contributed by atoms with Crippen molar-refractivity contribution in [3.8, 4) is 0 Å². The topological polar surface area (TPSA) is 66.9 Å². The lowest BCUT2D eigenvalue weighted by Crippen LogP contribution is -2.12. The van der Waals surface area contributed by atoms with Gasteiger partial charge in [-0.3, -0.25) is 4.79 Å². The van der Waals surface area contributed by atoms with E-state index in [1.807, 2.05) is 19.1 Å². The number of carbonyl (C=O) groups excluding carboxylic acids is 1. The lowest BCUT2D eigenvalue weighted by molar-refractivity contribution is 0.102. The van der Waals surface area contributed by atoms with Crippen LogP contribution in [-0.2, 0) is 6.42 Å². The van der Waals surface area contributed by atoms with Crippen LogP contribution in [0.3, 0.4) is 0 Å². The fraction of sp³-hybridized carbons (Fsp3) is 0.118. The van der Waals surface area contributed by atoms with Crippen LogP contribution in [0.1, 0.15) is 22.2 Å². The highest BCUT2D eigenvalue weighted by Gasteiger charge is 2.16. The molecule has 0 atom stereocenters. The van der Waals surface area contributed by atoms with Crippen LogP contribution in [0.5, 0.6) is 0 Å². The summed E-state index contributed by atoms with van der Waals surface area (Å²) >= 11 is 4.37. The van der Waals surface area contributed by atoms with Crippen LogP contribution in [0.4, 0.5) is 25.4 Å². The average molecular weight is 439 g/mol. The average Bonchev–Trinajstić information content (AvgIpc) is 3.07. The van der Waals surface area contributed by atoms with E-state index in [2.05, 4.69) is 36.5 Å². The summed E-state index contributed by atoms with van der Waals surface area (Å²) in [5.74, 6) is -1.69. The van der Waals surface area contributed by atoms with Crippen molar-refractivity contribution in [2.24, 2.45) is 0 Å². The standard InChI is InChI=1S/C17H13BrF2N4OS/c1-2-9-6-7-13(18)22-15(9)24-17-21-8-12(26-17)16(25)23-14-10(19)4-3-5-11(14)20/h3-8H,2H2,1H3,(H,23,25)(H,21,22,24). The predicted molar refractivity (Wildman–Crippen MR) is 101 cm³/mol. The van der Waals surface area contributed by atoms with E-state index < -0.39 is 23.2 Å². The van der Waals surface area contributed by atoms with E-state index >= 15 is 0 Å². The third kappa shape index (κ3) is 4.05. The Hall–Kier alpha value is -2.39. The summed E-state index contributed by atoms with van der Waals surface area (Å²) in [6.07, 6.45) is 2.11. The molecule has 0 spiro atoms. The molecule has 2 aromatic heterocycles. The molecule has 0 saturated carbocycles. The molecule has 0 aliphatic rings. The van der Waals surface area contributed by atoms with E-state index in [9.17, 15) is 13.6 Å². The maximum Gasteiger partial charge on any atom is 0.267 e. The number of anilines is 3. The number of hydrogen-bond donors (Lipinski definition) is 2. The zero-order valence-electron chi connectivity index (χ0n) is 13.5. The fourth-order valence-corrected chi connectivity index (χ4v) is 3.21. The van der Waals surface area contributed by atoms with Gasteiger partial charge in [0.25, 0.3) is 5.91 Å². The number of rotatable bonds is 5. The normalized spacial score (nSPS) is 10.6. The first kappa shape index (κ1) is 18.4. The van der Waals surface area contributed by atoms with Crippen molar-refractivity contribution in [1.29, 1.82) is 0 Å². The first-order valence-corrected chi connectivity index (χ1v) is 9.22. The predicted octanol–water partition coefficient (Wildman–Crippen LogP) is 5.14. The summed E-state index contributed by atoms with van der Waals surface area (Å²) in [7, 11) is 0. The molecule has 3 rings (SSSR count). The van der Waals surface area contributed by atoms with Crippen molar-refractivity contribution in [2.75, 3.05) is 10.6 Å². The Labute approximate surface area is 160 Å². The molecule has 2 heterocycles. The maximum absolute atomic E-state index is 13.6. The second-order valence-corrected chi connectivity index (χ2v) is 7.04. The van der Waals surface area contributed by atoms with E-state index in [1.165, 1.54) is 12.3 Å². The highest BCUT2D eigenvalue weighted by Crippen LogP contribution is 2.26. The Morgan fingerprint density at radius 2 is 1.96 bits per heavy atom. The summed E-state index contributed by atoms with van der Waals surface area (Å²) in [6.45, 7) is 2.00. The molecule has 26 heavy (non-hydrogen) atoms. The van der Waals surface area contributed by atoms with Crippen LogP contribution < -0.4 is 10.6 Å². The Bertz CT molecular complexity index is 943. The minimum Gasteiger partial charge on any atom is -0.316 e. The minimum atomic E-state index is -0.841. The maximum atomic E-state index is 13.6. The summed E-state index contributed by atoms with van der Waals surface area (Å²) in [4.78, 5) is 20.9. The van der Waals surface area contributed by atoms with Crippen molar-refractivity contribution in [3.05, 3.63) is 63.2 Å². The molecule has 3 aromatic rings. The second kappa shape index (κ2) is 7.88. The molecular weight excluding hydrogens is 426 g/mol. The van der Waals surface area contributed by atoms with Crippen LogP contribution >= 0.6 is 27.3 Å². The summed E-state index contributed by atoms with van der Waals surface area (Å²) < 4.78 is 28.0. The highest BCUT2D eigenvalue weighted by molar-refractivity contribution is 9.10. The van der Waals surface area contributed by atoms with Crippen LogP contribution in [0.25, 0.3) is 0 Å². The molecule has 0 saturated heterocycles. The van der Waals surface area contributed by atoms with Crippen LogP contribution in [0.2, 0.25) is 0 Å². The van der Waals surface area contributed by atoms with E-state index in [0.29, 0.717) is 15.6 Å². The molecule has 2 N–H and O–H groups in total. The molecular formula is C17H13BrF2N4OS. The number of benzene rings is 1. The molecule has 0 unspecified atom stereocenters. The molecule has 5 nitrogen and oxygen atoms in total. The van der Waals surface area contributed by atoms with Gasteiger partial charge in [-0.05, 0) is 46.1 Å². The molecule has 9 heteroatoms. The van der Waals surface area contributed by atoms with Crippen molar-refractivity contribution in [3.63, 3.8) is 0 Å². The summed E-state index contributed by atoms with van der Waals surface area (Å²) in [5.41, 5.74) is 0.505. The zero-order chi connectivity index (χ0) is 18.7. The minimum absolute atomic E-state index is 0.211. The molecule has 0 aliphatic heterocycles. The largest absolute Gasteiger partial charge is 0.316 e. The van der Waals surface area contributed by atoms with Crippen LogP contribution in [-0.4, -0.2) is 15.9 Å². The number of thiazole rings is 1. The van der Waals surface area contributed by atoms with Gasteiger partial charge in [-0.2, -0.15) is 0 Å². The van der Waals surface area contributed by atoms with E-state index in [0.717, 1.165) is 35.5 Å². The third-order valence-corrected chi connectivity index (χ3v) is 4.84. The fourth-order valence-electron chi connectivity index (χ4n) is 2.19. The Morgan fingerprint density at radius 3 is 2.65 bits per heavy atom. The lowest BCUT2D eigenvalue weighted by atomic mass is 10.2. The van der Waals surface area contributed by atoms with E-state index in [-0.39, 0.29) is 4.88 Å². The number of aromatic nitrogens is 2. The lowest BCUT2D eigenvalue weighted by Gasteiger charge is -2.07. The van der Waals surface area contributed by atoms with E-state index in [4.69, 9.17) is 0 Å². The smallest absolute Gasteiger partial charge is 0.267 e. The SMILES string of the molecule is CCc1ccc(Br)nc1Nc1ncc(C(=O)Nc2c(F)cccc2F)s1. The number of amides is 1. The number of aryl methyl sites for hydroxylation is 1. The van der Waals surface area contributed by atoms with Gasteiger partial charge in [-0.1, -0.05) is 30.4 Å². The van der Waals surface area contributed by atoms with Gasteiger partial charge in [-0.15, -0.1) is 0 Å². The molecule has 0 fully saturated rings. The van der Waals surface area contributed by atoms with Gasteiger partial charge in [0.05, 0.1) is 6.20 Å². The van der Waals surface area contributed by atoms with Crippen molar-refractivity contribution in [1.82, 2.24) is 9.97 Å². The molecule has 0 aliphatic carbocycles. The van der Waals surface area contributed by atoms with Crippen LogP contribution in [0.15, 0.2) is 41.1 Å². The number of nitrogens with zero attached hydrogens (tertiary/aromatic N) is 2. The Kier molecular flexibility index (Phi) is 5.58. The van der Waals surface area contributed by atoms with Crippen molar-refractivity contribution in [2.45, 2.75) is 13.3 Å². The van der Waals surface area contributed by atoms with Crippen molar-refractivity contribution >= 4 is 49.8 Å². The van der Waals surface area contributed by atoms with Gasteiger partial charge in [0.2, 0.25) is 0 Å². The summed E-state index contributed by atoms with van der Waals surface area (Å²) in [5, 5.41) is 5.75. The molecule has 0 radical (unpaired) electrons. The molecule has 0 bridgehead atoms. The summed E-state index contributed by atoms with van der Waals surface area (Å²) in [6, 6.07) is 7.15. The van der Waals surface area contributed by atoms with Crippen LogP contribution in [0, 0.1) is 11.6 Å². The highest BCUT2D eigenvalue weighted by atomic mass is 79.9. The molecule has 1 amide bonds. The van der Waals surface area contributed by atoms with Gasteiger partial charge in [0, 0.05) is 0 Å². The zero-order valence-corrected chi connectivity index (χ0v) is 15.9.